The van der Waals surface area contributed by atoms with E-state index in [2.05, 4.69) is 49.7 Å². The molecule has 2 fully saturated rings. The van der Waals surface area contributed by atoms with Crippen LogP contribution in [-0.4, -0.2) is 48.6 Å². The van der Waals surface area contributed by atoms with Crippen molar-refractivity contribution in [2.75, 3.05) is 38.5 Å². The highest BCUT2D eigenvalue weighted by molar-refractivity contribution is 7.99. The second-order valence-corrected chi connectivity index (χ2v) is 9.67. The molecule has 1 atom stereocenters. The lowest BCUT2D eigenvalue weighted by Crippen LogP contribution is -2.49. The van der Waals surface area contributed by atoms with Crippen molar-refractivity contribution in [2.24, 2.45) is 17.3 Å². The molecule has 1 heterocycles. The summed E-state index contributed by atoms with van der Waals surface area (Å²) in [5.41, 5.74) is 0.545. The average molecular weight is 313 g/mol. The second kappa shape index (κ2) is 8.21. The quantitative estimate of drug-likeness (QED) is 0.801. The normalized spacial score (nSPS) is 35.3. The van der Waals surface area contributed by atoms with E-state index < -0.39 is 0 Å². The van der Waals surface area contributed by atoms with Gasteiger partial charge in [-0.15, -0.1) is 0 Å². The maximum absolute atomic E-state index is 3.78. The van der Waals surface area contributed by atoms with E-state index in [1.54, 1.807) is 0 Å². The van der Waals surface area contributed by atoms with Crippen molar-refractivity contribution in [2.45, 2.75) is 58.6 Å². The fourth-order valence-electron chi connectivity index (χ4n) is 3.90. The lowest BCUT2D eigenvalue weighted by Gasteiger charge is -2.44. The monoisotopic (exact) mass is 312 g/mol. The second-order valence-electron chi connectivity index (χ2n) is 8.12. The predicted octanol–water partition coefficient (Wildman–Crippen LogP) is 3.87. The molecule has 0 spiro atoms. The Kier molecular flexibility index (Phi) is 6.89. The van der Waals surface area contributed by atoms with Crippen molar-refractivity contribution < 1.29 is 0 Å². The van der Waals surface area contributed by atoms with E-state index in [1.807, 2.05) is 0 Å². The maximum atomic E-state index is 3.78. The third-order valence-corrected chi connectivity index (χ3v) is 6.41. The van der Waals surface area contributed by atoms with Crippen LogP contribution >= 0.6 is 11.8 Å². The Balaban J connectivity index is 1.91. The molecule has 1 aliphatic heterocycles. The van der Waals surface area contributed by atoms with Gasteiger partial charge in [0.15, 0.2) is 0 Å². The van der Waals surface area contributed by atoms with Crippen LogP contribution < -0.4 is 5.32 Å². The van der Waals surface area contributed by atoms with Gasteiger partial charge < -0.3 is 10.2 Å². The first-order valence-corrected chi connectivity index (χ1v) is 10.1. The minimum absolute atomic E-state index is 0.545. The van der Waals surface area contributed by atoms with Crippen molar-refractivity contribution in [3.63, 3.8) is 0 Å². The van der Waals surface area contributed by atoms with Gasteiger partial charge in [0.1, 0.15) is 0 Å². The Morgan fingerprint density at radius 3 is 2.57 bits per heavy atom. The molecule has 0 bridgehead atoms. The SMILES string of the molecule is CC(C)CNCC1(CN2CCSC(C)C2)CCC(C)CC1. The zero-order valence-electron chi connectivity index (χ0n) is 14.7. The highest BCUT2D eigenvalue weighted by atomic mass is 32.2. The van der Waals surface area contributed by atoms with Crippen molar-refractivity contribution in [1.29, 1.82) is 0 Å². The number of nitrogens with zero attached hydrogens (tertiary/aromatic N) is 1. The molecule has 2 rings (SSSR count). The number of rotatable bonds is 6. The van der Waals surface area contributed by atoms with Crippen LogP contribution in [0.1, 0.15) is 53.4 Å². The summed E-state index contributed by atoms with van der Waals surface area (Å²) in [6, 6.07) is 0. The summed E-state index contributed by atoms with van der Waals surface area (Å²) in [5.74, 6) is 3.03. The van der Waals surface area contributed by atoms with Gasteiger partial charge in [-0.2, -0.15) is 11.8 Å². The van der Waals surface area contributed by atoms with Crippen LogP contribution in [0.5, 0.6) is 0 Å². The molecule has 1 aliphatic carbocycles. The van der Waals surface area contributed by atoms with Crippen LogP contribution in [0.4, 0.5) is 0 Å². The molecule has 0 amide bonds. The molecule has 21 heavy (non-hydrogen) atoms. The Morgan fingerprint density at radius 1 is 1.24 bits per heavy atom. The molecule has 124 valence electrons. The van der Waals surface area contributed by atoms with E-state index in [1.165, 1.54) is 64.2 Å². The van der Waals surface area contributed by atoms with Crippen molar-refractivity contribution >= 4 is 11.8 Å². The maximum Gasteiger partial charge on any atom is 0.0147 e. The summed E-state index contributed by atoms with van der Waals surface area (Å²) in [6.07, 6.45) is 5.72. The minimum Gasteiger partial charge on any atom is -0.316 e. The van der Waals surface area contributed by atoms with Gasteiger partial charge in [-0.3, -0.25) is 0 Å². The molecular formula is C18H36N2S. The molecule has 2 nitrogen and oxygen atoms in total. The van der Waals surface area contributed by atoms with E-state index >= 15 is 0 Å². The minimum atomic E-state index is 0.545. The van der Waals surface area contributed by atoms with Gasteiger partial charge in [0.25, 0.3) is 0 Å². The Labute approximate surface area is 136 Å². The molecule has 1 unspecified atom stereocenters. The lowest BCUT2D eigenvalue weighted by molar-refractivity contribution is 0.0878. The van der Waals surface area contributed by atoms with E-state index in [4.69, 9.17) is 0 Å². The van der Waals surface area contributed by atoms with Gasteiger partial charge in [-0.25, -0.2) is 0 Å². The molecule has 1 saturated carbocycles. The average Bonchev–Trinajstić information content (AvgIpc) is 2.42. The fraction of sp³-hybridized carbons (Fsp3) is 1.00. The first-order valence-electron chi connectivity index (χ1n) is 9.04. The molecular weight excluding hydrogens is 276 g/mol. The largest absolute Gasteiger partial charge is 0.316 e. The van der Waals surface area contributed by atoms with Crippen LogP contribution in [0.2, 0.25) is 0 Å². The number of hydrogen-bond acceptors (Lipinski definition) is 3. The van der Waals surface area contributed by atoms with Crippen LogP contribution in [0.25, 0.3) is 0 Å². The Hall–Kier alpha value is 0.270. The van der Waals surface area contributed by atoms with Crippen LogP contribution in [-0.2, 0) is 0 Å². The van der Waals surface area contributed by atoms with Gasteiger partial charge in [-0.1, -0.05) is 40.5 Å². The summed E-state index contributed by atoms with van der Waals surface area (Å²) in [6.45, 7) is 15.8. The van der Waals surface area contributed by atoms with Gasteiger partial charge in [0.2, 0.25) is 0 Å². The molecule has 0 aromatic rings. The predicted molar refractivity (Wildman–Crippen MR) is 96.1 cm³/mol. The number of nitrogens with one attached hydrogen (secondary N) is 1. The number of hydrogen-bond donors (Lipinski definition) is 1. The summed E-state index contributed by atoms with van der Waals surface area (Å²) in [7, 11) is 0. The standard InChI is InChI=1S/C18H36N2S/c1-15(2)11-19-13-18(7-5-16(3)6-8-18)14-20-9-10-21-17(4)12-20/h15-17,19H,5-14H2,1-4H3. The third-order valence-electron chi connectivity index (χ3n) is 5.27. The van der Waals surface area contributed by atoms with E-state index in [-0.39, 0.29) is 0 Å². The molecule has 2 aliphatic rings. The third kappa shape index (κ3) is 5.76. The van der Waals surface area contributed by atoms with E-state index in [0.717, 1.165) is 17.1 Å². The van der Waals surface area contributed by atoms with E-state index in [9.17, 15) is 0 Å². The highest BCUT2D eigenvalue weighted by Gasteiger charge is 2.36. The van der Waals surface area contributed by atoms with Crippen molar-refractivity contribution in [3.05, 3.63) is 0 Å². The van der Waals surface area contributed by atoms with E-state index in [0.29, 0.717) is 5.41 Å². The van der Waals surface area contributed by atoms with Crippen LogP contribution in [0.3, 0.4) is 0 Å². The van der Waals surface area contributed by atoms with Gasteiger partial charge >= 0.3 is 0 Å². The van der Waals surface area contributed by atoms with Gasteiger partial charge in [0, 0.05) is 37.2 Å². The first-order chi connectivity index (χ1) is 9.99. The smallest absolute Gasteiger partial charge is 0.0147 e. The van der Waals surface area contributed by atoms with Crippen molar-refractivity contribution in [1.82, 2.24) is 10.2 Å². The topological polar surface area (TPSA) is 15.3 Å². The van der Waals surface area contributed by atoms with Crippen LogP contribution in [0.15, 0.2) is 0 Å². The highest BCUT2D eigenvalue weighted by Crippen LogP contribution is 2.39. The summed E-state index contributed by atoms with van der Waals surface area (Å²) >= 11 is 2.15. The summed E-state index contributed by atoms with van der Waals surface area (Å²) < 4.78 is 0. The molecule has 0 aromatic heterocycles. The Bertz CT molecular complexity index is 298. The van der Waals surface area contributed by atoms with Gasteiger partial charge in [0.05, 0.1) is 0 Å². The molecule has 3 heteroatoms. The van der Waals surface area contributed by atoms with Crippen molar-refractivity contribution in [3.8, 4) is 0 Å². The fourth-order valence-corrected chi connectivity index (χ4v) is 4.98. The molecule has 1 saturated heterocycles. The number of thioether (sulfide) groups is 1. The molecule has 0 radical (unpaired) electrons. The van der Waals surface area contributed by atoms with Crippen LogP contribution in [0, 0.1) is 17.3 Å². The zero-order valence-corrected chi connectivity index (χ0v) is 15.5. The molecule has 0 aromatic carbocycles. The lowest BCUT2D eigenvalue weighted by atomic mass is 9.70. The summed E-state index contributed by atoms with van der Waals surface area (Å²) in [5, 5.41) is 4.60. The summed E-state index contributed by atoms with van der Waals surface area (Å²) in [4.78, 5) is 2.76. The zero-order chi connectivity index (χ0) is 15.3. The molecule has 1 N–H and O–H groups in total. The Morgan fingerprint density at radius 2 is 1.95 bits per heavy atom. The first kappa shape index (κ1) is 17.6. The van der Waals surface area contributed by atoms with Gasteiger partial charge in [-0.05, 0) is 36.6 Å².